The number of hydrogen-bond donors (Lipinski definition) is 1. The summed E-state index contributed by atoms with van der Waals surface area (Å²) in [6.07, 6.45) is 0.280. The van der Waals surface area contributed by atoms with E-state index in [9.17, 15) is 9.59 Å². The Balaban J connectivity index is 1.80. The molecule has 29 heavy (non-hydrogen) atoms. The number of nitrogens with one attached hydrogen (secondary N) is 1. The second kappa shape index (κ2) is 7.61. The van der Waals surface area contributed by atoms with Gasteiger partial charge < -0.3 is 9.30 Å². The monoisotopic (exact) mass is 397 g/mol. The van der Waals surface area contributed by atoms with Crippen LogP contribution in [0.1, 0.15) is 30.8 Å². The molecule has 1 aliphatic heterocycles. The second-order valence-electron chi connectivity index (χ2n) is 8.04. The zero-order valence-corrected chi connectivity index (χ0v) is 17.3. The maximum atomic E-state index is 12.7. The van der Waals surface area contributed by atoms with Gasteiger partial charge in [0, 0.05) is 26.7 Å². The third-order valence-electron chi connectivity index (χ3n) is 5.41. The lowest BCUT2D eigenvalue weighted by Gasteiger charge is -2.35. The maximum Gasteiger partial charge on any atom is 0.329 e. The molecule has 2 aromatic heterocycles. The summed E-state index contributed by atoms with van der Waals surface area (Å²) in [6.45, 7) is 8.87. The number of aromatic amines is 1. The lowest BCUT2D eigenvalue weighted by molar-refractivity contribution is -0.0712. The van der Waals surface area contributed by atoms with Crippen LogP contribution in [0, 0.1) is 6.92 Å². The highest BCUT2D eigenvalue weighted by Gasteiger charge is 2.25. The van der Waals surface area contributed by atoms with Crippen molar-refractivity contribution in [2.45, 2.75) is 46.1 Å². The predicted molar refractivity (Wildman–Crippen MR) is 111 cm³/mol. The summed E-state index contributed by atoms with van der Waals surface area (Å²) in [5.41, 5.74) is 2.24. The van der Waals surface area contributed by atoms with Gasteiger partial charge in [0.25, 0.3) is 5.56 Å². The molecule has 4 rings (SSSR count). The van der Waals surface area contributed by atoms with E-state index in [0.29, 0.717) is 24.3 Å². The zero-order valence-electron chi connectivity index (χ0n) is 17.3. The molecule has 0 spiro atoms. The van der Waals surface area contributed by atoms with Crippen molar-refractivity contribution in [3.8, 4) is 0 Å². The molecule has 1 saturated heterocycles. The van der Waals surface area contributed by atoms with E-state index >= 15 is 0 Å². The minimum absolute atomic E-state index is 0.140. The Morgan fingerprint density at radius 3 is 2.41 bits per heavy atom. The Hall–Kier alpha value is -2.71. The molecule has 0 unspecified atom stereocenters. The number of hydrogen-bond acceptors (Lipinski definition) is 5. The van der Waals surface area contributed by atoms with Crippen LogP contribution in [-0.2, 0) is 24.9 Å². The Morgan fingerprint density at radius 2 is 1.76 bits per heavy atom. The van der Waals surface area contributed by atoms with E-state index in [2.05, 4.69) is 48.0 Å². The lowest BCUT2D eigenvalue weighted by atomic mass is 10.1. The molecule has 0 radical (unpaired) electrons. The fraction of sp³-hybridized carbons (Fsp3) is 0.476. The largest absolute Gasteiger partial charge is 0.373 e. The average molecular weight is 397 g/mol. The molecular weight excluding hydrogens is 370 g/mol. The fourth-order valence-corrected chi connectivity index (χ4v) is 4.06. The van der Waals surface area contributed by atoms with E-state index in [0.717, 1.165) is 24.5 Å². The first kappa shape index (κ1) is 19.6. The molecule has 1 N–H and O–H groups in total. The normalized spacial score (nSPS) is 20.4. The summed E-state index contributed by atoms with van der Waals surface area (Å²) >= 11 is 0. The van der Waals surface area contributed by atoms with E-state index in [4.69, 9.17) is 9.72 Å². The number of fused-ring (bicyclic) bond motifs is 1. The van der Waals surface area contributed by atoms with Crippen LogP contribution in [0.5, 0.6) is 0 Å². The summed E-state index contributed by atoms with van der Waals surface area (Å²) in [4.78, 5) is 34.2. The number of H-pyrrole nitrogens is 1. The van der Waals surface area contributed by atoms with Crippen LogP contribution in [0.2, 0.25) is 0 Å². The highest BCUT2D eigenvalue weighted by atomic mass is 16.5. The molecule has 0 amide bonds. The first-order valence-corrected chi connectivity index (χ1v) is 9.93. The quantitative estimate of drug-likeness (QED) is 0.719. The SMILES string of the molecule is Cc1ccc(Cn2c(CN3C[C@@H](C)O[C@@H](C)C3)nc3c2c(=O)[nH]c(=O)n3C)cc1. The van der Waals surface area contributed by atoms with E-state index in [1.54, 1.807) is 7.05 Å². The van der Waals surface area contributed by atoms with Gasteiger partial charge in [-0.3, -0.25) is 19.2 Å². The van der Waals surface area contributed by atoms with Crippen LogP contribution < -0.4 is 11.2 Å². The predicted octanol–water partition coefficient (Wildman–Crippen LogP) is 1.39. The molecule has 154 valence electrons. The van der Waals surface area contributed by atoms with Gasteiger partial charge in [-0.05, 0) is 26.3 Å². The van der Waals surface area contributed by atoms with Gasteiger partial charge >= 0.3 is 5.69 Å². The van der Waals surface area contributed by atoms with Crippen LogP contribution in [0.25, 0.3) is 11.2 Å². The summed E-state index contributed by atoms with van der Waals surface area (Å²) in [5.74, 6) is 0.772. The molecule has 3 heterocycles. The second-order valence-corrected chi connectivity index (χ2v) is 8.04. The van der Waals surface area contributed by atoms with Crippen molar-refractivity contribution in [3.05, 3.63) is 62.1 Å². The van der Waals surface area contributed by atoms with E-state index in [-0.39, 0.29) is 12.2 Å². The summed E-state index contributed by atoms with van der Waals surface area (Å²) < 4.78 is 9.17. The summed E-state index contributed by atoms with van der Waals surface area (Å²) in [6, 6.07) is 8.22. The van der Waals surface area contributed by atoms with Crippen molar-refractivity contribution in [1.29, 1.82) is 0 Å². The van der Waals surface area contributed by atoms with Crippen molar-refractivity contribution >= 4 is 11.2 Å². The van der Waals surface area contributed by atoms with Crippen LogP contribution in [0.4, 0.5) is 0 Å². The first-order chi connectivity index (χ1) is 13.8. The molecule has 1 aliphatic rings. The van der Waals surface area contributed by atoms with Crippen LogP contribution in [0.3, 0.4) is 0 Å². The number of ether oxygens (including phenoxy) is 1. The topological polar surface area (TPSA) is 85.2 Å². The molecular formula is C21H27N5O3. The van der Waals surface area contributed by atoms with Gasteiger partial charge in [0.15, 0.2) is 11.2 Å². The lowest BCUT2D eigenvalue weighted by Crippen LogP contribution is -2.45. The van der Waals surface area contributed by atoms with Crippen LogP contribution in [0.15, 0.2) is 33.9 Å². The molecule has 0 saturated carbocycles. The first-order valence-electron chi connectivity index (χ1n) is 9.93. The molecule has 1 fully saturated rings. The number of benzene rings is 1. The van der Waals surface area contributed by atoms with E-state index < -0.39 is 11.2 Å². The van der Waals surface area contributed by atoms with Gasteiger partial charge in [0.1, 0.15) is 5.82 Å². The van der Waals surface area contributed by atoms with E-state index in [1.165, 1.54) is 10.1 Å². The number of imidazole rings is 1. The number of aryl methyl sites for hydroxylation is 2. The van der Waals surface area contributed by atoms with Crippen molar-refractivity contribution < 1.29 is 4.74 Å². The molecule has 3 aromatic rings. The standard InChI is InChI=1S/C21H27N5O3/c1-13-5-7-16(8-6-13)11-26-17(12-25-9-14(2)29-15(3)10-25)22-19-18(26)20(27)23-21(28)24(19)4/h5-8,14-15H,9-12H2,1-4H3,(H,23,27,28)/t14-,15+. The minimum atomic E-state index is -0.456. The number of rotatable bonds is 4. The van der Waals surface area contributed by atoms with Crippen LogP contribution in [-0.4, -0.2) is 49.3 Å². The molecule has 8 heteroatoms. The highest BCUT2D eigenvalue weighted by molar-refractivity contribution is 5.71. The third kappa shape index (κ3) is 3.90. The summed E-state index contributed by atoms with van der Waals surface area (Å²) in [7, 11) is 1.63. The van der Waals surface area contributed by atoms with Crippen LogP contribution >= 0.6 is 0 Å². The van der Waals surface area contributed by atoms with Gasteiger partial charge in [-0.1, -0.05) is 29.8 Å². The van der Waals surface area contributed by atoms with Crippen molar-refractivity contribution in [2.75, 3.05) is 13.1 Å². The summed E-state index contributed by atoms with van der Waals surface area (Å²) in [5, 5.41) is 0. The van der Waals surface area contributed by atoms with Gasteiger partial charge in [0.05, 0.1) is 18.8 Å². The average Bonchev–Trinajstić information content (AvgIpc) is 2.99. The molecule has 0 aliphatic carbocycles. The third-order valence-corrected chi connectivity index (χ3v) is 5.41. The molecule has 1 aromatic carbocycles. The number of morpholine rings is 1. The Labute approximate surface area is 168 Å². The molecule has 0 bridgehead atoms. The molecule has 2 atom stereocenters. The fourth-order valence-electron chi connectivity index (χ4n) is 4.06. The van der Waals surface area contributed by atoms with E-state index in [1.807, 2.05) is 11.5 Å². The number of aromatic nitrogens is 4. The highest BCUT2D eigenvalue weighted by Crippen LogP contribution is 2.18. The zero-order chi connectivity index (χ0) is 20.7. The Bertz CT molecular complexity index is 1130. The maximum absolute atomic E-state index is 12.7. The van der Waals surface area contributed by atoms with Gasteiger partial charge in [-0.15, -0.1) is 0 Å². The smallest absolute Gasteiger partial charge is 0.329 e. The van der Waals surface area contributed by atoms with Gasteiger partial charge in [-0.25, -0.2) is 9.78 Å². The van der Waals surface area contributed by atoms with Crippen molar-refractivity contribution in [3.63, 3.8) is 0 Å². The Kier molecular flexibility index (Phi) is 5.14. The van der Waals surface area contributed by atoms with Gasteiger partial charge in [-0.2, -0.15) is 0 Å². The molecule has 8 nitrogen and oxygen atoms in total. The van der Waals surface area contributed by atoms with Crippen molar-refractivity contribution in [1.82, 2.24) is 24.0 Å². The Morgan fingerprint density at radius 1 is 1.10 bits per heavy atom. The van der Waals surface area contributed by atoms with Gasteiger partial charge in [0.2, 0.25) is 0 Å². The minimum Gasteiger partial charge on any atom is -0.373 e. The number of nitrogens with zero attached hydrogens (tertiary/aromatic N) is 4. The van der Waals surface area contributed by atoms with Crippen molar-refractivity contribution in [2.24, 2.45) is 7.05 Å².